The van der Waals surface area contributed by atoms with Crippen LogP contribution in [0.1, 0.15) is 15.9 Å². The summed E-state index contributed by atoms with van der Waals surface area (Å²) in [4.78, 5) is 27.9. The molecule has 0 saturated carbocycles. The Labute approximate surface area is 206 Å². The second kappa shape index (κ2) is 8.78. The minimum Gasteiger partial charge on any atom is -0.340 e. The second-order valence-corrected chi connectivity index (χ2v) is 9.37. The van der Waals surface area contributed by atoms with E-state index in [0.29, 0.717) is 47.7 Å². The summed E-state index contributed by atoms with van der Waals surface area (Å²) in [7, 11) is 0. The summed E-state index contributed by atoms with van der Waals surface area (Å²) in [6, 6.07) is 9.16. The standard InChI is InChI=1S/C26H23F2N7O/c1-16-2-5-24(35-31-6-7-32-35)22(8-16)25(36)33-12-18-14-34(15-19(18)13-33)26-29-10-17(11-30-26)21-4-3-20(27)9-23(21)28/h2-11,18-19H,12-15H2,1H3. The van der Waals surface area contributed by atoms with Gasteiger partial charge in [0, 0.05) is 67.6 Å². The van der Waals surface area contributed by atoms with Gasteiger partial charge in [0.1, 0.15) is 11.6 Å². The molecule has 0 spiro atoms. The van der Waals surface area contributed by atoms with E-state index in [-0.39, 0.29) is 11.5 Å². The van der Waals surface area contributed by atoms with Gasteiger partial charge in [-0.25, -0.2) is 18.7 Å². The average Bonchev–Trinajstić information content (AvgIpc) is 3.61. The minimum atomic E-state index is -0.646. The highest BCUT2D eigenvalue weighted by molar-refractivity contribution is 5.98. The molecule has 0 N–H and O–H groups in total. The molecule has 4 heterocycles. The number of fused-ring (bicyclic) bond motifs is 1. The van der Waals surface area contributed by atoms with Crippen molar-refractivity contribution in [2.75, 3.05) is 31.1 Å². The lowest BCUT2D eigenvalue weighted by Crippen LogP contribution is -2.34. The van der Waals surface area contributed by atoms with Crippen LogP contribution in [0.2, 0.25) is 0 Å². The number of halogens is 2. The molecule has 2 aromatic heterocycles. The Morgan fingerprint density at radius 2 is 1.61 bits per heavy atom. The lowest BCUT2D eigenvalue weighted by Gasteiger charge is -2.23. The smallest absolute Gasteiger partial charge is 0.256 e. The molecule has 2 fully saturated rings. The largest absolute Gasteiger partial charge is 0.340 e. The summed E-state index contributed by atoms with van der Waals surface area (Å²) < 4.78 is 27.3. The number of anilines is 1. The van der Waals surface area contributed by atoms with Crippen molar-refractivity contribution < 1.29 is 13.6 Å². The molecule has 10 heteroatoms. The van der Waals surface area contributed by atoms with Gasteiger partial charge in [-0.15, -0.1) is 0 Å². The fourth-order valence-electron chi connectivity index (χ4n) is 5.18. The number of carbonyl (C=O) groups is 1. The molecular weight excluding hydrogens is 464 g/mol. The molecule has 4 aromatic rings. The number of aromatic nitrogens is 5. The maximum atomic E-state index is 14.1. The predicted molar refractivity (Wildman–Crippen MR) is 129 cm³/mol. The molecular formula is C26H23F2N7O. The van der Waals surface area contributed by atoms with E-state index in [1.165, 1.54) is 16.9 Å². The molecule has 2 aliphatic rings. The Balaban J connectivity index is 1.15. The number of hydrogen-bond donors (Lipinski definition) is 0. The monoisotopic (exact) mass is 487 g/mol. The number of hydrogen-bond acceptors (Lipinski definition) is 6. The number of carbonyl (C=O) groups excluding carboxylic acids is 1. The van der Waals surface area contributed by atoms with Gasteiger partial charge < -0.3 is 9.80 Å². The van der Waals surface area contributed by atoms with Gasteiger partial charge in [-0.05, 0) is 31.2 Å². The molecule has 2 aliphatic heterocycles. The highest BCUT2D eigenvalue weighted by Crippen LogP contribution is 2.34. The zero-order valence-corrected chi connectivity index (χ0v) is 19.6. The number of nitrogens with zero attached hydrogens (tertiary/aromatic N) is 7. The maximum Gasteiger partial charge on any atom is 0.256 e. The van der Waals surface area contributed by atoms with Gasteiger partial charge in [0.05, 0.1) is 23.6 Å². The fraction of sp³-hybridized carbons (Fsp3) is 0.269. The van der Waals surface area contributed by atoms with Crippen LogP contribution in [0.25, 0.3) is 16.8 Å². The van der Waals surface area contributed by atoms with Crippen LogP contribution in [0, 0.1) is 30.4 Å². The molecule has 0 aliphatic carbocycles. The summed E-state index contributed by atoms with van der Waals surface area (Å²) in [5.74, 6) is -0.104. The minimum absolute atomic E-state index is 0.0196. The first kappa shape index (κ1) is 22.3. The number of benzene rings is 2. The van der Waals surface area contributed by atoms with Gasteiger partial charge in [-0.1, -0.05) is 11.6 Å². The lowest BCUT2D eigenvalue weighted by molar-refractivity contribution is 0.0782. The number of rotatable bonds is 4. The van der Waals surface area contributed by atoms with E-state index in [1.54, 1.807) is 24.8 Å². The first-order valence-corrected chi connectivity index (χ1v) is 11.8. The van der Waals surface area contributed by atoms with E-state index < -0.39 is 11.6 Å². The van der Waals surface area contributed by atoms with Crippen LogP contribution in [0.15, 0.2) is 61.2 Å². The summed E-state index contributed by atoms with van der Waals surface area (Å²) in [5, 5.41) is 8.39. The summed E-state index contributed by atoms with van der Waals surface area (Å²) in [6.45, 7) is 4.74. The van der Waals surface area contributed by atoms with Crippen molar-refractivity contribution in [3.8, 4) is 16.8 Å². The average molecular weight is 488 g/mol. The van der Waals surface area contributed by atoms with Crippen molar-refractivity contribution in [1.82, 2.24) is 29.9 Å². The molecule has 2 saturated heterocycles. The highest BCUT2D eigenvalue weighted by atomic mass is 19.1. The Morgan fingerprint density at radius 1 is 0.917 bits per heavy atom. The van der Waals surface area contributed by atoms with E-state index in [2.05, 4.69) is 25.1 Å². The first-order valence-electron chi connectivity index (χ1n) is 11.8. The topological polar surface area (TPSA) is 80.0 Å². The molecule has 2 atom stereocenters. The van der Waals surface area contributed by atoms with E-state index >= 15 is 0 Å². The SMILES string of the molecule is Cc1ccc(-n2nccn2)c(C(=O)N2CC3CN(c4ncc(-c5ccc(F)cc5F)cn4)CC3C2)c1. The second-order valence-electron chi connectivity index (χ2n) is 9.37. The first-order chi connectivity index (χ1) is 17.5. The lowest BCUT2D eigenvalue weighted by atomic mass is 10.0. The fourth-order valence-corrected chi connectivity index (χ4v) is 5.18. The third-order valence-corrected chi connectivity index (χ3v) is 6.95. The Bertz CT molecular complexity index is 1410. The van der Waals surface area contributed by atoms with Crippen LogP contribution in [0.3, 0.4) is 0 Å². The normalized spacial score (nSPS) is 19.1. The quantitative estimate of drug-likeness (QED) is 0.438. The maximum absolute atomic E-state index is 14.1. The van der Waals surface area contributed by atoms with E-state index in [1.807, 2.05) is 30.0 Å². The number of likely N-dealkylation sites (tertiary alicyclic amines) is 1. The van der Waals surface area contributed by atoms with Crippen molar-refractivity contribution in [2.24, 2.45) is 11.8 Å². The third-order valence-electron chi connectivity index (χ3n) is 6.95. The summed E-state index contributed by atoms with van der Waals surface area (Å²) in [6.07, 6.45) is 6.30. The van der Waals surface area contributed by atoms with E-state index in [0.717, 1.165) is 24.7 Å². The van der Waals surface area contributed by atoms with Crippen LogP contribution >= 0.6 is 0 Å². The molecule has 2 aromatic carbocycles. The predicted octanol–water partition coefficient (Wildman–Crippen LogP) is 3.52. The molecule has 8 nitrogen and oxygen atoms in total. The van der Waals surface area contributed by atoms with E-state index in [9.17, 15) is 13.6 Å². The number of amides is 1. The van der Waals surface area contributed by atoms with Crippen molar-refractivity contribution in [3.63, 3.8) is 0 Å². The zero-order chi connectivity index (χ0) is 24.8. The van der Waals surface area contributed by atoms with Crippen LogP contribution < -0.4 is 4.90 Å². The summed E-state index contributed by atoms with van der Waals surface area (Å²) in [5.41, 5.74) is 3.01. The Kier molecular flexibility index (Phi) is 5.43. The van der Waals surface area contributed by atoms with Gasteiger partial charge in [-0.3, -0.25) is 4.79 Å². The van der Waals surface area contributed by atoms with Crippen LogP contribution in [0.5, 0.6) is 0 Å². The zero-order valence-electron chi connectivity index (χ0n) is 19.6. The molecule has 0 radical (unpaired) electrons. The van der Waals surface area contributed by atoms with Crippen molar-refractivity contribution in [2.45, 2.75) is 6.92 Å². The van der Waals surface area contributed by atoms with Crippen molar-refractivity contribution in [1.29, 1.82) is 0 Å². The van der Waals surface area contributed by atoms with E-state index in [4.69, 9.17) is 0 Å². The van der Waals surface area contributed by atoms with Crippen LogP contribution in [-0.2, 0) is 0 Å². The Hall–Kier alpha value is -4.21. The molecule has 0 bridgehead atoms. The summed E-state index contributed by atoms with van der Waals surface area (Å²) >= 11 is 0. The third kappa shape index (κ3) is 3.98. The highest BCUT2D eigenvalue weighted by Gasteiger charge is 2.42. The van der Waals surface area contributed by atoms with Gasteiger partial charge >= 0.3 is 0 Å². The van der Waals surface area contributed by atoms with Gasteiger partial charge in [-0.2, -0.15) is 15.0 Å². The molecule has 182 valence electrons. The van der Waals surface area contributed by atoms with Gasteiger partial charge in [0.25, 0.3) is 5.91 Å². The van der Waals surface area contributed by atoms with Crippen LogP contribution in [0.4, 0.5) is 14.7 Å². The van der Waals surface area contributed by atoms with Crippen molar-refractivity contribution >= 4 is 11.9 Å². The molecule has 1 amide bonds. The molecule has 6 rings (SSSR count). The Morgan fingerprint density at radius 3 is 2.28 bits per heavy atom. The van der Waals surface area contributed by atoms with Crippen molar-refractivity contribution in [3.05, 3.63) is 83.9 Å². The molecule has 36 heavy (non-hydrogen) atoms. The van der Waals surface area contributed by atoms with Gasteiger partial charge in [0.2, 0.25) is 5.95 Å². The van der Waals surface area contributed by atoms with Gasteiger partial charge in [0.15, 0.2) is 0 Å². The molecule has 2 unspecified atom stereocenters. The number of aryl methyl sites for hydroxylation is 1. The van der Waals surface area contributed by atoms with Crippen LogP contribution in [-0.4, -0.2) is 61.9 Å².